The van der Waals surface area contributed by atoms with E-state index in [0.29, 0.717) is 30.5 Å². The number of amides is 1. The molecule has 0 spiro atoms. The summed E-state index contributed by atoms with van der Waals surface area (Å²) >= 11 is 6.00. The minimum Gasteiger partial charge on any atom is -0.374 e. The Bertz CT molecular complexity index is 570. The molecule has 1 saturated heterocycles. The van der Waals surface area contributed by atoms with Gasteiger partial charge in [0.15, 0.2) is 6.19 Å². The third-order valence-corrected chi connectivity index (χ3v) is 3.81. The number of benzene rings is 1. The first kappa shape index (κ1) is 16.4. The maximum absolute atomic E-state index is 12.8. The van der Waals surface area contributed by atoms with E-state index in [9.17, 15) is 4.79 Å². The Labute approximate surface area is 136 Å². The highest BCUT2D eigenvalue weighted by Gasteiger charge is 2.31. The highest BCUT2D eigenvalue weighted by Crippen LogP contribution is 2.20. The number of hydrogen-bond acceptors (Lipinski definition) is 4. The van der Waals surface area contributed by atoms with Crippen LogP contribution in [0.3, 0.4) is 0 Å². The number of nitrogens with zero attached hydrogens (tertiary/aromatic N) is 3. The van der Waals surface area contributed by atoms with E-state index in [0.717, 1.165) is 12.1 Å². The number of rotatable bonds is 5. The number of carbonyl (C=O) groups is 1. The van der Waals surface area contributed by atoms with Gasteiger partial charge in [-0.25, -0.2) is 10.0 Å². The third-order valence-electron chi connectivity index (χ3n) is 3.57. The summed E-state index contributed by atoms with van der Waals surface area (Å²) in [7, 11) is 0. The van der Waals surface area contributed by atoms with Crippen LogP contribution >= 0.6 is 11.6 Å². The Kier molecular flexibility index (Phi) is 5.51. The Morgan fingerprint density at radius 3 is 2.86 bits per heavy atom. The first-order valence-corrected chi connectivity index (χ1v) is 7.89. The van der Waals surface area contributed by atoms with Gasteiger partial charge in [-0.05, 0) is 37.0 Å². The molecule has 1 aromatic carbocycles. The van der Waals surface area contributed by atoms with Crippen LogP contribution in [0.15, 0.2) is 24.3 Å². The van der Waals surface area contributed by atoms with Crippen LogP contribution in [-0.2, 0) is 4.79 Å². The van der Waals surface area contributed by atoms with E-state index >= 15 is 0 Å². The van der Waals surface area contributed by atoms with E-state index in [2.05, 4.69) is 25.4 Å². The molecule has 0 aliphatic carbocycles. The molecule has 6 heteroatoms. The molecule has 0 aromatic heterocycles. The number of anilines is 1. The summed E-state index contributed by atoms with van der Waals surface area (Å²) in [5.74, 6) is 0.298. The summed E-state index contributed by atoms with van der Waals surface area (Å²) in [5, 5.41) is 16.0. The Hall–Kier alpha value is -1.93. The van der Waals surface area contributed by atoms with Crippen LogP contribution in [0, 0.1) is 17.4 Å². The van der Waals surface area contributed by atoms with Gasteiger partial charge in [-0.2, -0.15) is 5.26 Å². The summed E-state index contributed by atoms with van der Waals surface area (Å²) < 4.78 is 0. The fourth-order valence-corrected chi connectivity index (χ4v) is 2.79. The van der Waals surface area contributed by atoms with E-state index < -0.39 is 0 Å². The molecule has 1 fully saturated rings. The molecule has 0 saturated carbocycles. The van der Waals surface area contributed by atoms with Crippen molar-refractivity contribution >= 4 is 23.2 Å². The molecule has 0 bridgehead atoms. The smallest absolute Gasteiger partial charge is 0.264 e. The van der Waals surface area contributed by atoms with Crippen molar-refractivity contribution in [3.05, 3.63) is 29.3 Å². The van der Waals surface area contributed by atoms with Gasteiger partial charge < -0.3 is 5.32 Å². The summed E-state index contributed by atoms with van der Waals surface area (Å²) in [6.45, 7) is 5.35. The van der Waals surface area contributed by atoms with Crippen molar-refractivity contribution in [3.63, 3.8) is 0 Å². The number of nitriles is 1. The molecule has 1 aromatic rings. The van der Waals surface area contributed by atoms with Crippen molar-refractivity contribution in [1.29, 1.82) is 5.26 Å². The molecule has 1 heterocycles. The molecule has 22 heavy (non-hydrogen) atoms. The van der Waals surface area contributed by atoms with Crippen LogP contribution < -0.4 is 5.32 Å². The van der Waals surface area contributed by atoms with Gasteiger partial charge in [0.1, 0.15) is 6.04 Å². The van der Waals surface area contributed by atoms with Crippen LogP contribution in [0.2, 0.25) is 5.02 Å². The maximum atomic E-state index is 12.8. The second-order valence-electron chi connectivity index (χ2n) is 5.87. The van der Waals surface area contributed by atoms with E-state index in [1.165, 1.54) is 5.01 Å². The first-order valence-electron chi connectivity index (χ1n) is 7.52. The maximum Gasteiger partial charge on any atom is 0.264 e. The fraction of sp³-hybridized carbons (Fsp3) is 0.500. The lowest BCUT2D eigenvalue weighted by molar-refractivity contribution is -0.141. The van der Waals surface area contributed by atoms with Gasteiger partial charge in [-0.15, -0.1) is 0 Å². The summed E-state index contributed by atoms with van der Waals surface area (Å²) in [5.41, 5.74) is 0.814. The summed E-state index contributed by atoms with van der Waals surface area (Å²) in [4.78, 5) is 12.8. The topological polar surface area (TPSA) is 59.4 Å². The van der Waals surface area contributed by atoms with Gasteiger partial charge in [0.2, 0.25) is 0 Å². The summed E-state index contributed by atoms with van der Waals surface area (Å²) in [6, 6.07) is 6.96. The molecular weight excluding hydrogens is 300 g/mol. The van der Waals surface area contributed by atoms with Crippen molar-refractivity contribution in [2.75, 3.05) is 18.4 Å². The largest absolute Gasteiger partial charge is 0.374 e. The fourth-order valence-electron chi connectivity index (χ4n) is 2.60. The third kappa shape index (κ3) is 4.05. The molecule has 1 amide bonds. The zero-order chi connectivity index (χ0) is 16.1. The lowest BCUT2D eigenvalue weighted by Crippen LogP contribution is -2.47. The van der Waals surface area contributed by atoms with Gasteiger partial charge in [0.05, 0.1) is 6.54 Å². The molecule has 118 valence electrons. The van der Waals surface area contributed by atoms with Gasteiger partial charge in [0, 0.05) is 17.3 Å². The van der Waals surface area contributed by atoms with Crippen LogP contribution in [0.4, 0.5) is 5.69 Å². The van der Waals surface area contributed by atoms with E-state index in [1.54, 1.807) is 17.1 Å². The van der Waals surface area contributed by atoms with Gasteiger partial charge in [0.25, 0.3) is 5.91 Å². The lowest BCUT2D eigenvalue weighted by Gasteiger charge is -2.29. The number of carbonyl (C=O) groups excluding carboxylic acids is 1. The highest BCUT2D eigenvalue weighted by atomic mass is 35.5. The van der Waals surface area contributed by atoms with Crippen LogP contribution in [-0.4, -0.2) is 35.1 Å². The molecule has 1 aliphatic heterocycles. The van der Waals surface area contributed by atoms with Crippen molar-refractivity contribution in [3.8, 4) is 6.19 Å². The van der Waals surface area contributed by atoms with Crippen LogP contribution in [0.5, 0.6) is 0 Å². The second kappa shape index (κ2) is 7.37. The molecular formula is C16H21ClN4O. The van der Waals surface area contributed by atoms with E-state index in [1.807, 2.05) is 12.1 Å². The number of hydrazine groups is 1. The average molecular weight is 321 g/mol. The molecule has 2 rings (SSSR count). The minimum atomic E-state index is -0.368. The predicted octanol–water partition coefficient (Wildman–Crippen LogP) is 3.10. The molecule has 1 N–H and O–H groups in total. The van der Waals surface area contributed by atoms with Crippen LogP contribution in [0.1, 0.15) is 26.7 Å². The van der Waals surface area contributed by atoms with Gasteiger partial charge in [-0.3, -0.25) is 4.79 Å². The number of nitrogens with one attached hydrogen (secondary N) is 1. The molecule has 1 unspecified atom stereocenters. The van der Waals surface area contributed by atoms with Crippen molar-refractivity contribution < 1.29 is 4.79 Å². The second-order valence-corrected chi connectivity index (χ2v) is 6.31. The van der Waals surface area contributed by atoms with E-state index in [-0.39, 0.29) is 11.9 Å². The predicted molar refractivity (Wildman–Crippen MR) is 87.0 cm³/mol. The van der Waals surface area contributed by atoms with Gasteiger partial charge >= 0.3 is 0 Å². The first-order chi connectivity index (χ1) is 10.5. The van der Waals surface area contributed by atoms with Crippen molar-refractivity contribution in [1.82, 2.24) is 10.0 Å². The standard InChI is InChI=1S/C16H21ClN4O/c1-12(2)9-15(19-14-6-3-5-13(17)10-14)16(22)21-8-4-7-20(21)11-18/h3,5-6,10,12,15,19H,4,7-9H2,1-2H3. The SMILES string of the molecule is CC(C)CC(Nc1cccc(Cl)c1)C(=O)N1CCCN1C#N. The Balaban J connectivity index is 2.15. The normalized spacial score (nSPS) is 15.8. The quantitative estimate of drug-likeness (QED) is 0.847. The Morgan fingerprint density at radius 2 is 2.23 bits per heavy atom. The zero-order valence-electron chi connectivity index (χ0n) is 12.9. The Morgan fingerprint density at radius 1 is 1.45 bits per heavy atom. The summed E-state index contributed by atoms with van der Waals surface area (Å²) in [6.07, 6.45) is 3.59. The van der Waals surface area contributed by atoms with Crippen molar-refractivity contribution in [2.45, 2.75) is 32.7 Å². The monoisotopic (exact) mass is 320 g/mol. The lowest BCUT2D eigenvalue weighted by atomic mass is 10.0. The molecule has 0 radical (unpaired) electrons. The zero-order valence-corrected chi connectivity index (χ0v) is 13.7. The number of halogens is 1. The average Bonchev–Trinajstić information content (AvgIpc) is 2.93. The van der Waals surface area contributed by atoms with E-state index in [4.69, 9.17) is 16.9 Å². The minimum absolute atomic E-state index is 0.0623. The van der Waals surface area contributed by atoms with Crippen LogP contribution in [0.25, 0.3) is 0 Å². The molecule has 1 atom stereocenters. The van der Waals surface area contributed by atoms with Gasteiger partial charge in [-0.1, -0.05) is 31.5 Å². The highest BCUT2D eigenvalue weighted by molar-refractivity contribution is 6.30. The van der Waals surface area contributed by atoms with Crippen molar-refractivity contribution in [2.24, 2.45) is 5.92 Å². The number of hydrogen-bond donors (Lipinski definition) is 1. The molecule has 5 nitrogen and oxygen atoms in total. The molecule has 1 aliphatic rings.